The summed E-state index contributed by atoms with van der Waals surface area (Å²) in [6.07, 6.45) is 6.54. The summed E-state index contributed by atoms with van der Waals surface area (Å²) in [7, 11) is 0. The lowest BCUT2D eigenvalue weighted by molar-refractivity contribution is 0.425. The third-order valence-electron chi connectivity index (χ3n) is 2.41. The van der Waals surface area contributed by atoms with Crippen molar-refractivity contribution in [2.24, 2.45) is 11.8 Å². The molecule has 1 unspecified atom stereocenters. The summed E-state index contributed by atoms with van der Waals surface area (Å²) in [5, 5.41) is 0. The molecule has 0 bridgehead atoms. The highest BCUT2D eigenvalue weighted by molar-refractivity contribution is 5.05. The molecule has 0 saturated carbocycles. The smallest absolute Gasteiger partial charge is 0.0225 e. The van der Waals surface area contributed by atoms with Gasteiger partial charge < -0.3 is 0 Å². The third kappa shape index (κ3) is 2.97. The van der Waals surface area contributed by atoms with Crippen molar-refractivity contribution >= 4 is 0 Å². The third-order valence-corrected chi connectivity index (χ3v) is 2.41. The van der Waals surface area contributed by atoms with E-state index < -0.39 is 0 Å². The Labute approximate surface area is 70.4 Å². The predicted molar refractivity (Wildman–Crippen MR) is 49.2 cm³/mol. The zero-order chi connectivity index (χ0) is 8.10. The SMILES string of the molecule is CC(C)C1C#CCCCCC1. The molecule has 0 N–H and O–H groups in total. The molecule has 0 aliphatic heterocycles. The van der Waals surface area contributed by atoms with Gasteiger partial charge in [-0.15, -0.1) is 5.92 Å². The van der Waals surface area contributed by atoms with Gasteiger partial charge in [-0.1, -0.05) is 32.6 Å². The maximum Gasteiger partial charge on any atom is 0.0225 e. The van der Waals surface area contributed by atoms with E-state index in [9.17, 15) is 0 Å². The van der Waals surface area contributed by atoms with Crippen molar-refractivity contribution in [3.05, 3.63) is 0 Å². The van der Waals surface area contributed by atoms with Crippen molar-refractivity contribution in [3.8, 4) is 11.8 Å². The van der Waals surface area contributed by atoms with Crippen LogP contribution in [0.4, 0.5) is 0 Å². The molecular weight excluding hydrogens is 132 g/mol. The fraction of sp³-hybridized carbons (Fsp3) is 0.818. The fourth-order valence-corrected chi connectivity index (χ4v) is 1.53. The summed E-state index contributed by atoms with van der Waals surface area (Å²) in [5.41, 5.74) is 0. The topological polar surface area (TPSA) is 0 Å². The fourth-order valence-electron chi connectivity index (χ4n) is 1.53. The van der Waals surface area contributed by atoms with Gasteiger partial charge >= 0.3 is 0 Å². The van der Waals surface area contributed by atoms with Crippen LogP contribution >= 0.6 is 0 Å². The first-order valence-corrected chi connectivity index (χ1v) is 4.79. The summed E-state index contributed by atoms with van der Waals surface area (Å²) >= 11 is 0. The summed E-state index contributed by atoms with van der Waals surface area (Å²) < 4.78 is 0. The molecule has 0 saturated heterocycles. The van der Waals surface area contributed by atoms with Gasteiger partial charge in [-0.25, -0.2) is 0 Å². The Morgan fingerprint density at radius 2 is 2.00 bits per heavy atom. The molecule has 0 nitrogen and oxygen atoms in total. The second-order valence-electron chi connectivity index (χ2n) is 3.77. The lowest BCUT2D eigenvalue weighted by Crippen LogP contribution is -2.07. The van der Waals surface area contributed by atoms with Crippen molar-refractivity contribution in [1.82, 2.24) is 0 Å². The molecule has 0 heterocycles. The van der Waals surface area contributed by atoms with E-state index in [1.54, 1.807) is 0 Å². The highest BCUT2D eigenvalue weighted by atomic mass is 14.1. The van der Waals surface area contributed by atoms with Gasteiger partial charge in [0.25, 0.3) is 0 Å². The summed E-state index contributed by atoms with van der Waals surface area (Å²) in [6.45, 7) is 4.56. The van der Waals surface area contributed by atoms with Gasteiger partial charge in [0.15, 0.2) is 0 Å². The molecular formula is C11H18. The number of rotatable bonds is 1. The van der Waals surface area contributed by atoms with E-state index in [-0.39, 0.29) is 0 Å². The minimum Gasteiger partial charge on any atom is -0.103 e. The van der Waals surface area contributed by atoms with Crippen molar-refractivity contribution in [2.45, 2.75) is 46.0 Å². The molecule has 0 amide bonds. The van der Waals surface area contributed by atoms with Gasteiger partial charge in [-0.2, -0.15) is 0 Å². The minimum absolute atomic E-state index is 0.676. The average molecular weight is 150 g/mol. The zero-order valence-corrected chi connectivity index (χ0v) is 7.69. The second-order valence-corrected chi connectivity index (χ2v) is 3.77. The predicted octanol–water partition coefficient (Wildman–Crippen LogP) is 3.23. The summed E-state index contributed by atoms with van der Waals surface area (Å²) in [5.74, 6) is 8.07. The highest BCUT2D eigenvalue weighted by Gasteiger charge is 2.10. The maximum atomic E-state index is 3.37. The van der Waals surface area contributed by atoms with Crippen LogP contribution in [0.1, 0.15) is 46.0 Å². The highest BCUT2D eigenvalue weighted by Crippen LogP contribution is 2.19. The van der Waals surface area contributed by atoms with E-state index >= 15 is 0 Å². The van der Waals surface area contributed by atoms with Crippen LogP contribution in [0.3, 0.4) is 0 Å². The Morgan fingerprint density at radius 3 is 2.73 bits per heavy atom. The number of hydrogen-bond donors (Lipinski definition) is 0. The van der Waals surface area contributed by atoms with Crippen LogP contribution in [0.15, 0.2) is 0 Å². The van der Waals surface area contributed by atoms with E-state index in [1.807, 2.05) is 0 Å². The van der Waals surface area contributed by atoms with Crippen molar-refractivity contribution in [2.75, 3.05) is 0 Å². The van der Waals surface area contributed by atoms with Crippen LogP contribution in [0, 0.1) is 23.7 Å². The number of hydrogen-bond acceptors (Lipinski definition) is 0. The van der Waals surface area contributed by atoms with Gasteiger partial charge in [0.1, 0.15) is 0 Å². The van der Waals surface area contributed by atoms with Gasteiger partial charge in [0, 0.05) is 12.3 Å². The first-order valence-electron chi connectivity index (χ1n) is 4.79. The lowest BCUT2D eigenvalue weighted by Gasteiger charge is -2.15. The van der Waals surface area contributed by atoms with Crippen LogP contribution < -0.4 is 0 Å². The van der Waals surface area contributed by atoms with Crippen LogP contribution in [-0.2, 0) is 0 Å². The van der Waals surface area contributed by atoms with Crippen LogP contribution in [-0.4, -0.2) is 0 Å². The Balaban J connectivity index is 2.47. The van der Waals surface area contributed by atoms with Gasteiger partial charge in [0.2, 0.25) is 0 Å². The molecule has 1 atom stereocenters. The van der Waals surface area contributed by atoms with Crippen LogP contribution in [0.5, 0.6) is 0 Å². The van der Waals surface area contributed by atoms with Crippen molar-refractivity contribution < 1.29 is 0 Å². The van der Waals surface area contributed by atoms with Crippen molar-refractivity contribution in [1.29, 1.82) is 0 Å². The lowest BCUT2D eigenvalue weighted by atomic mass is 9.89. The van der Waals surface area contributed by atoms with Crippen LogP contribution in [0.25, 0.3) is 0 Å². The van der Waals surface area contributed by atoms with Gasteiger partial charge in [-0.05, 0) is 18.8 Å². The molecule has 0 radical (unpaired) electrons. The first-order chi connectivity index (χ1) is 5.30. The molecule has 1 rings (SSSR count). The standard InChI is InChI=1S/C11H18/c1-10(2)11-8-6-4-3-5-7-9-11/h10-11H,3-6,8H2,1-2H3. The normalized spacial score (nSPS) is 25.2. The molecule has 0 heteroatoms. The summed E-state index contributed by atoms with van der Waals surface area (Å²) in [4.78, 5) is 0. The maximum absolute atomic E-state index is 3.37. The Bertz CT molecular complexity index is 157. The molecule has 1 aliphatic rings. The molecule has 11 heavy (non-hydrogen) atoms. The Morgan fingerprint density at radius 1 is 1.18 bits per heavy atom. The molecule has 0 fully saturated rings. The average Bonchev–Trinajstić information content (AvgIpc) is 1.84. The second kappa shape index (κ2) is 4.44. The molecule has 0 aromatic carbocycles. The van der Waals surface area contributed by atoms with E-state index in [0.29, 0.717) is 5.92 Å². The Hall–Kier alpha value is -0.440. The van der Waals surface area contributed by atoms with E-state index in [4.69, 9.17) is 0 Å². The van der Waals surface area contributed by atoms with E-state index in [1.165, 1.54) is 25.7 Å². The van der Waals surface area contributed by atoms with Crippen molar-refractivity contribution in [3.63, 3.8) is 0 Å². The van der Waals surface area contributed by atoms with Gasteiger partial charge in [0.05, 0.1) is 0 Å². The molecule has 0 spiro atoms. The van der Waals surface area contributed by atoms with E-state index in [0.717, 1.165) is 12.3 Å². The quantitative estimate of drug-likeness (QED) is 0.503. The monoisotopic (exact) mass is 150 g/mol. The molecule has 1 aliphatic carbocycles. The van der Waals surface area contributed by atoms with E-state index in [2.05, 4.69) is 25.7 Å². The minimum atomic E-state index is 0.676. The zero-order valence-electron chi connectivity index (χ0n) is 7.69. The molecule has 62 valence electrons. The van der Waals surface area contributed by atoms with Gasteiger partial charge in [-0.3, -0.25) is 0 Å². The Kier molecular flexibility index (Phi) is 3.49. The molecule has 0 aromatic rings. The molecule has 0 aromatic heterocycles. The first kappa shape index (κ1) is 8.65. The van der Waals surface area contributed by atoms with Crippen LogP contribution in [0.2, 0.25) is 0 Å². The summed E-state index contributed by atoms with van der Waals surface area (Å²) in [6, 6.07) is 0. The largest absolute Gasteiger partial charge is 0.103 e.